The smallest absolute Gasteiger partial charge is 0.367 e. The van der Waals surface area contributed by atoms with Crippen LogP contribution in [0.5, 0.6) is 5.75 Å². The van der Waals surface area contributed by atoms with Gasteiger partial charge in [-0.3, -0.25) is 4.98 Å². The minimum atomic E-state index is -0.526. The number of hydrogen-bond acceptors (Lipinski definition) is 9. The van der Waals surface area contributed by atoms with Crippen molar-refractivity contribution in [1.82, 2.24) is 15.2 Å². The first-order chi connectivity index (χ1) is 13.2. The third-order valence-corrected chi connectivity index (χ3v) is 4.47. The summed E-state index contributed by atoms with van der Waals surface area (Å²) in [4.78, 5) is 20.7. The van der Waals surface area contributed by atoms with Gasteiger partial charge in [-0.15, -0.1) is 10.2 Å². The van der Waals surface area contributed by atoms with E-state index in [9.17, 15) is 9.90 Å². The Balaban J connectivity index is 1.47. The Bertz CT molecular complexity index is 1030. The first-order valence-electron chi connectivity index (χ1n) is 7.85. The second-order valence-corrected chi connectivity index (χ2v) is 6.39. The molecule has 0 saturated heterocycles. The van der Waals surface area contributed by atoms with Gasteiger partial charge in [0.25, 0.3) is 5.22 Å². The number of thioether (sulfide) groups is 1. The third kappa shape index (κ3) is 3.87. The molecule has 3 heterocycles. The van der Waals surface area contributed by atoms with Gasteiger partial charge in [-0.1, -0.05) is 29.1 Å². The molecule has 1 aliphatic heterocycles. The highest BCUT2D eigenvalue weighted by atomic mass is 32.2. The maximum atomic E-state index is 11.9. The highest BCUT2D eigenvalue weighted by Gasteiger charge is 2.26. The van der Waals surface area contributed by atoms with Crippen molar-refractivity contribution in [3.05, 3.63) is 59.9 Å². The number of carbonyl (C=O) groups excluding carboxylic acids is 1. The third-order valence-electron chi connectivity index (χ3n) is 3.64. The number of hydrogen-bond donors (Lipinski definition) is 1. The lowest BCUT2D eigenvalue weighted by atomic mass is 10.1. The van der Waals surface area contributed by atoms with Crippen LogP contribution in [0.15, 0.2) is 69.2 Å². The predicted molar refractivity (Wildman–Crippen MR) is 97.9 cm³/mol. The zero-order valence-electron chi connectivity index (χ0n) is 13.8. The number of nitrogens with zero attached hydrogens (tertiary/aromatic N) is 4. The van der Waals surface area contributed by atoms with E-state index in [2.05, 4.69) is 20.3 Å². The summed E-state index contributed by atoms with van der Waals surface area (Å²) >= 11 is 1.25. The summed E-state index contributed by atoms with van der Waals surface area (Å²) in [6.45, 7) is 0. The van der Waals surface area contributed by atoms with Gasteiger partial charge >= 0.3 is 5.97 Å². The van der Waals surface area contributed by atoms with Gasteiger partial charge in [0.15, 0.2) is 0 Å². The molecule has 1 aliphatic rings. The van der Waals surface area contributed by atoms with Crippen molar-refractivity contribution in [2.45, 2.75) is 5.22 Å². The van der Waals surface area contributed by atoms with Crippen LogP contribution in [-0.4, -0.2) is 37.7 Å². The summed E-state index contributed by atoms with van der Waals surface area (Å²) in [5, 5.41) is 21.5. The number of phenolic OH excluding ortho intramolecular Hbond substituents is 1. The van der Waals surface area contributed by atoms with Gasteiger partial charge in [-0.05, 0) is 35.9 Å². The largest absolute Gasteiger partial charge is 0.508 e. The van der Waals surface area contributed by atoms with Crippen LogP contribution in [0.25, 0.3) is 17.5 Å². The van der Waals surface area contributed by atoms with Crippen molar-refractivity contribution in [3.63, 3.8) is 0 Å². The van der Waals surface area contributed by atoms with E-state index in [1.165, 1.54) is 23.9 Å². The Morgan fingerprint density at radius 3 is 2.63 bits per heavy atom. The zero-order valence-corrected chi connectivity index (χ0v) is 14.6. The van der Waals surface area contributed by atoms with Crippen LogP contribution in [0.1, 0.15) is 5.56 Å². The van der Waals surface area contributed by atoms with Crippen LogP contribution in [0, 0.1) is 0 Å². The highest BCUT2D eigenvalue weighted by Crippen LogP contribution is 2.25. The van der Waals surface area contributed by atoms with E-state index in [-0.39, 0.29) is 5.75 Å². The van der Waals surface area contributed by atoms with Crippen molar-refractivity contribution >= 4 is 29.5 Å². The molecule has 0 radical (unpaired) electrons. The highest BCUT2D eigenvalue weighted by molar-refractivity contribution is 7.99. The number of phenols is 1. The summed E-state index contributed by atoms with van der Waals surface area (Å²) in [6.07, 6.45) is 4.94. The van der Waals surface area contributed by atoms with Gasteiger partial charge < -0.3 is 14.4 Å². The summed E-state index contributed by atoms with van der Waals surface area (Å²) < 4.78 is 5.61. The lowest BCUT2D eigenvalue weighted by molar-refractivity contribution is -0.136. The Hall–Kier alpha value is -3.46. The van der Waals surface area contributed by atoms with E-state index < -0.39 is 5.97 Å². The molecule has 2 aromatic heterocycles. The fourth-order valence-electron chi connectivity index (χ4n) is 2.31. The van der Waals surface area contributed by atoms with Gasteiger partial charge in [0.2, 0.25) is 5.89 Å². The molecule has 8 nitrogen and oxygen atoms in total. The Kier molecular flexibility index (Phi) is 4.67. The maximum absolute atomic E-state index is 11.9. The molecule has 9 heteroatoms. The number of oxime groups is 1. The number of pyridine rings is 1. The topological polar surface area (TPSA) is 111 Å². The zero-order chi connectivity index (χ0) is 18.6. The number of aromatic hydroxyl groups is 1. The second kappa shape index (κ2) is 7.42. The first kappa shape index (κ1) is 17.0. The normalized spacial score (nSPS) is 15.0. The standard InChI is InChI=1S/C18H12N4O4S/c23-13-3-1-11(2-4-13)9-14-15(22-26-17(14)24)10-27-18-21-20-16(25-18)12-5-7-19-8-6-12/h1-9,23H,10H2. The van der Waals surface area contributed by atoms with Crippen LogP contribution in [0.4, 0.5) is 0 Å². The molecule has 0 saturated carbocycles. The molecule has 0 amide bonds. The summed E-state index contributed by atoms with van der Waals surface area (Å²) in [6, 6.07) is 10.0. The second-order valence-electron chi connectivity index (χ2n) is 5.46. The van der Waals surface area contributed by atoms with E-state index in [4.69, 9.17) is 9.25 Å². The number of benzene rings is 1. The van der Waals surface area contributed by atoms with Crippen molar-refractivity contribution in [2.24, 2.45) is 5.16 Å². The van der Waals surface area contributed by atoms with Crippen molar-refractivity contribution < 1.29 is 19.2 Å². The van der Waals surface area contributed by atoms with E-state index in [0.29, 0.717) is 28.2 Å². The summed E-state index contributed by atoms with van der Waals surface area (Å²) in [5.74, 6) is 0.340. The van der Waals surface area contributed by atoms with Gasteiger partial charge in [0.05, 0.1) is 5.57 Å². The number of carbonyl (C=O) groups is 1. The monoisotopic (exact) mass is 380 g/mol. The van der Waals surface area contributed by atoms with E-state index in [0.717, 1.165) is 11.1 Å². The van der Waals surface area contributed by atoms with Crippen LogP contribution >= 0.6 is 11.8 Å². The fraction of sp³-hybridized carbons (Fsp3) is 0.0556. The predicted octanol–water partition coefficient (Wildman–Crippen LogP) is 2.93. The summed E-state index contributed by atoms with van der Waals surface area (Å²) in [7, 11) is 0. The minimum Gasteiger partial charge on any atom is -0.508 e. The average molecular weight is 380 g/mol. The van der Waals surface area contributed by atoms with E-state index in [1.807, 2.05) is 0 Å². The van der Waals surface area contributed by atoms with Crippen molar-refractivity contribution in [2.75, 3.05) is 5.75 Å². The van der Waals surface area contributed by atoms with Crippen LogP contribution in [0.2, 0.25) is 0 Å². The molecule has 0 atom stereocenters. The van der Waals surface area contributed by atoms with Crippen LogP contribution in [-0.2, 0) is 9.63 Å². The number of rotatable bonds is 5. The van der Waals surface area contributed by atoms with E-state index in [1.54, 1.807) is 42.7 Å². The van der Waals surface area contributed by atoms with E-state index >= 15 is 0 Å². The fourth-order valence-corrected chi connectivity index (χ4v) is 3.01. The molecule has 3 aromatic rings. The lowest BCUT2D eigenvalue weighted by Crippen LogP contribution is -2.07. The molecule has 0 spiro atoms. The summed E-state index contributed by atoms with van der Waals surface area (Å²) in [5.41, 5.74) is 2.34. The molecule has 134 valence electrons. The average Bonchev–Trinajstić information content (AvgIpc) is 3.30. The molecular formula is C18H12N4O4S. The van der Waals surface area contributed by atoms with Crippen molar-refractivity contribution in [1.29, 1.82) is 0 Å². The Morgan fingerprint density at radius 1 is 1.07 bits per heavy atom. The van der Waals surface area contributed by atoms with Gasteiger partial charge in [0, 0.05) is 23.7 Å². The van der Waals surface area contributed by atoms with Crippen molar-refractivity contribution in [3.8, 4) is 17.2 Å². The van der Waals surface area contributed by atoms with Gasteiger partial charge in [-0.25, -0.2) is 4.79 Å². The minimum absolute atomic E-state index is 0.150. The molecule has 0 bridgehead atoms. The number of aromatic nitrogens is 3. The molecular weight excluding hydrogens is 368 g/mol. The Morgan fingerprint density at radius 2 is 1.85 bits per heavy atom. The molecule has 4 rings (SSSR count). The molecule has 0 fully saturated rings. The lowest BCUT2D eigenvalue weighted by Gasteiger charge is -1.99. The van der Waals surface area contributed by atoms with Crippen LogP contribution in [0.3, 0.4) is 0 Å². The molecule has 0 unspecified atom stereocenters. The van der Waals surface area contributed by atoms with Gasteiger partial charge in [0.1, 0.15) is 11.5 Å². The SMILES string of the molecule is O=C1ON=C(CSc2nnc(-c3ccncc3)o2)C1=Cc1ccc(O)cc1. The van der Waals surface area contributed by atoms with Gasteiger partial charge in [-0.2, -0.15) is 0 Å². The van der Waals surface area contributed by atoms with Crippen LogP contribution < -0.4 is 0 Å². The molecule has 27 heavy (non-hydrogen) atoms. The first-order valence-corrected chi connectivity index (χ1v) is 8.83. The molecule has 0 aliphatic carbocycles. The molecule has 1 N–H and O–H groups in total. The quantitative estimate of drug-likeness (QED) is 0.409. The Labute approximate surface area is 157 Å². The molecule has 1 aromatic carbocycles. The maximum Gasteiger partial charge on any atom is 0.367 e.